The van der Waals surface area contributed by atoms with Gasteiger partial charge in [-0.1, -0.05) is 136 Å². The van der Waals surface area contributed by atoms with Crippen LogP contribution in [0.2, 0.25) is 0 Å². The molecule has 0 aromatic carbocycles. The van der Waals surface area contributed by atoms with Gasteiger partial charge in [0.15, 0.2) is 0 Å². The second-order valence-electron chi connectivity index (χ2n) is 7.36. The summed E-state index contributed by atoms with van der Waals surface area (Å²) in [6.07, 6.45) is 13.4. The first-order valence-corrected chi connectivity index (χ1v) is 9.10. The molecule has 0 aliphatic heterocycles. The quantitative estimate of drug-likeness (QED) is 0.406. The SMILES string of the molecule is C.C.C.C.C=C/C=C(\C=C/C)C(C)(C)CCCC(C)(C)C.CC.CCC. The molecule has 26 heavy (non-hydrogen) atoms. The van der Waals surface area contributed by atoms with Crippen LogP contribution in [0.15, 0.2) is 36.5 Å². The minimum Gasteiger partial charge on any atom is -0.0991 e. The first kappa shape index (κ1) is 44.6. The van der Waals surface area contributed by atoms with E-state index in [9.17, 15) is 0 Å². The summed E-state index contributed by atoms with van der Waals surface area (Å²) in [5.74, 6) is 0. The fourth-order valence-electron chi connectivity index (χ4n) is 2.02. The molecule has 0 aromatic rings. The van der Waals surface area contributed by atoms with Crippen molar-refractivity contribution >= 4 is 0 Å². The van der Waals surface area contributed by atoms with Crippen LogP contribution in [0.25, 0.3) is 0 Å². The standard InChI is InChI=1S/C17H30.C3H8.C2H6.4CH4/c1-8-11-15(12-9-2)17(6,7)14-10-13-16(3,4)5;1-3-2;1-2;;;;/h8-9,11-12H,1,10,13-14H2,2-7H3;3H2,1-2H3;1-2H3;4*1H4/b12-9-,15-11+;;;;;;. The topological polar surface area (TPSA) is 0 Å². The molecule has 0 unspecified atom stereocenters. The fourth-order valence-corrected chi connectivity index (χ4v) is 2.02. The third kappa shape index (κ3) is 31.0. The van der Waals surface area contributed by atoms with Crippen molar-refractivity contribution in [3.05, 3.63) is 36.5 Å². The van der Waals surface area contributed by atoms with Gasteiger partial charge in [0, 0.05) is 0 Å². The van der Waals surface area contributed by atoms with Crippen LogP contribution in [0.4, 0.5) is 0 Å². The first-order chi connectivity index (χ1) is 10.1. The van der Waals surface area contributed by atoms with E-state index in [2.05, 4.69) is 80.2 Å². The van der Waals surface area contributed by atoms with E-state index in [1.807, 2.05) is 19.9 Å². The van der Waals surface area contributed by atoms with Crippen molar-refractivity contribution in [1.29, 1.82) is 0 Å². The molecule has 0 aliphatic rings. The van der Waals surface area contributed by atoms with Crippen molar-refractivity contribution in [1.82, 2.24) is 0 Å². The lowest BCUT2D eigenvalue weighted by molar-refractivity contribution is 0.316. The molecule has 0 aromatic heterocycles. The molecule has 0 spiro atoms. The average molecular weight is 373 g/mol. The molecule has 0 saturated heterocycles. The van der Waals surface area contributed by atoms with Gasteiger partial charge in [-0.25, -0.2) is 0 Å². The lowest BCUT2D eigenvalue weighted by Gasteiger charge is -2.28. The largest absolute Gasteiger partial charge is 0.0991 e. The van der Waals surface area contributed by atoms with Crippen LogP contribution >= 0.6 is 0 Å². The summed E-state index contributed by atoms with van der Waals surface area (Å²) in [6.45, 7) is 25.7. The van der Waals surface area contributed by atoms with Gasteiger partial charge < -0.3 is 0 Å². The minimum atomic E-state index is 0. The summed E-state index contributed by atoms with van der Waals surface area (Å²) < 4.78 is 0. The van der Waals surface area contributed by atoms with Crippen molar-refractivity contribution in [2.24, 2.45) is 10.8 Å². The van der Waals surface area contributed by atoms with Crippen molar-refractivity contribution in [2.75, 3.05) is 0 Å². The van der Waals surface area contributed by atoms with Gasteiger partial charge in [0.2, 0.25) is 0 Å². The zero-order valence-electron chi connectivity index (χ0n) is 17.3. The van der Waals surface area contributed by atoms with E-state index < -0.39 is 0 Å². The predicted molar refractivity (Wildman–Crippen MR) is 134 cm³/mol. The van der Waals surface area contributed by atoms with E-state index in [1.165, 1.54) is 31.3 Å². The Bertz CT molecular complexity index is 294. The van der Waals surface area contributed by atoms with Gasteiger partial charge in [-0.2, -0.15) is 0 Å². The Kier molecular flexibility index (Phi) is 45.3. The zero-order chi connectivity index (χ0) is 18.2. The van der Waals surface area contributed by atoms with E-state index in [4.69, 9.17) is 0 Å². The second-order valence-corrected chi connectivity index (χ2v) is 7.36. The molecule has 0 saturated carbocycles. The molecule has 0 N–H and O–H groups in total. The summed E-state index contributed by atoms with van der Waals surface area (Å²) >= 11 is 0. The smallest absolute Gasteiger partial charge is 0.0104 e. The van der Waals surface area contributed by atoms with Crippen LogP contribution in [0, 0.1) is 10.8 Å². The molecular weight excluding hydrogens is 312 g/mol. The van der Waals surface area contributed by atoms with Crippen LogP contribution in [0.5, 0.6) is 0 Å². The average Bonchev–Trinajstić information content (AvgIpc) is 2.40. The number of rotatable bonds is 6. The first-order valence-electron chi connectivity index (χ1n) is 9.10. The van der Waals surface area contributed by atoms with E-state index >= 15 is 0 Å². The normalized spacial score (nSPS) is 10.3. The number of hydrogen-bond donors (Lipinski definition) is 0. The maximum Gasteiger partial charge on any atom is -0.0104 e. The molecule has 0 radical (unpaired) electrons. The highest BCUT2D eigenvalue weighted by Gasteiger charge is 2.21. The molecule has 0 atom stereocenters. The molecule has 0 heterocycles. The molecule has 0 aliphatic carbocycles. The van der Waals surface area contributed by atoms with Crippen molar-refractivity contribution < 1.29 is 0 Å². The third-order valence-corrected chi connectivity index (χ3v) is 3.15. The van der Waals surface area contributed by atoms with Crippen LogP contribution < -0.4 is 0 Å². The molecular formula is C26H60. The molecule has 0 heteroatoms. The van der Waals surface area contributed by atoms with Gasteiger partial charge in [-0.3, -0.25) is 0 Å². The van der Waals surface area contributed by atoms with Gasteiger partial charge in [0.25, 0.3) is 0 Å². The van der Waals surface area contributed by atoms with Crippen molar-refractivity contribution in [3.8, 4) is 0 Å². The van der Waals surface area contributed by atoms with Crippen molar-refractivity contribution in [2.45, 2.75) is 125 Å². The van der Waals surface area contributed by atoms with Gasteiger partial charge in [0.1, 0.15) is 0 Å². The van der Waals surface area contributed by atoms with E-state index in [1.54, 1.807) is 0 Å². The van der Waals surface area contributed by atoms with Crippen molar-refractivity contribution in [3.63, 3.8) is 0 Å². The summed E-state index contributed by atoms with van der Waals surface area (Å²) in [5.41, 5.74) is 2.06. The Morgan fingerprint density at radius 1 is 0.846 bits per heavy atom. The molecule has 0 amide bonds. The highest BCUT2D eigenvalue weighted by molar-refractivity contribution is 5.28. The molecule has 164 valence electrons. The highest BCUT2D eigenvalue weighted by atomic mass is 14.3. The Morgan fingerprint density at radius 2 is 1.23 bits per heavy atom. The second kappa shape index (κ2) is 26.4. The van der Waals surface area contributed by atoms with Crippen LogP contribution in [0.1, 0.15) is 125 Å². The van der Waals surface area contributed by atoms with Crippen LogP contribution in [-0.4, -0.2) is 0 Å². The molecule has 0 nitrogen and oxygen atoms in total. The Balaban J connectivity index is -0.0000000724. The Hall–Kier alpha value is -0.780. The zero-order valence-corrected chi connectivity index (χ0v) is 17.3. The maximum atomic E-state index is 3.81. The minimum absolute atomic E-state index is 0. The summed E-state index contributed by atoms with van der Waals surface area (Å²) in [7, 11) is 0. The predicted octanol–water partition coefficient (Wildman–Crippen LogP) is 10.9. The van der Waals surface area contributed by atoms with Crippen LogP contribution in [-0.2, 0) is 0 Å². The van der Waals surface area contributed by atoms with Gasteiger partial charge in [-0.15, -0.1) is 0 Å². The summed E-state index contributed by atoms with van der Waals surface area (Å²) in [5, 5.41) is 0. The molecule has 0 rings (SSSR count). The van der Waals surface area contributed by atoms with E-state index in [0.717, 1.165) is 0 Å². The Labute approximate surface area is 172 Å². The third-order valence-electron chi connectivity index (χ3n) is 3.15. The monoisotopic (exact) mass is 372 g/mol. The van der Waals surface area contributed by atoms with E-state index in [0.29, 0.717) is 5.41 Å². The van der Waals surface area contributed by atoms with Crippen LogP contribution in [0.3, 0.4) is 0 Å². The maximum absolute atomic E-state index is 3.81. The number of hydrogen-bond acceptors (Lipinski definition) is 0. The van der Waals surface area contributed by atoms with Gasteiger partial charge in [0.05, 0.1) is 0 Å². The summed E-state index contributed by atoms with van der Waals surface area (Å²) in [6, 6.07) is 0. The number of allylic oxidation sites excluding steroid dienone is 5. The van der Waals surface area contributed by atoms with Gasteiger partial charge >= 0.3 is 0 Å². The van der Waals surface area contributed by atoms with E-state index in [-0.39, 0.29) is 35.1 Å². The highest BCUT2D eigenvalue weighted by Crippen LogP contribution is 2.35. The summed E-state index contributed by atoms with van der Waals surface area (Å²) in [4.78, 5) is 0. The molecule has 0 fully saturated rings. The Morgan fingerprint density at radius 3 is 1.50 bits per heavy atom. The fraction of sp³-hybridized carbons (Fsp3) is 0.769. The lowest BCUT2D eigenvalue weighted by atomic mass is 9.77. The molecule has 0 bridgehead atoms. The lowest BCUT2D eigenvalue weighted by Crippen LogP contribution is -2.15. The van der Waals surface area contributed by atoms with Gasteiger partial charge in [-0.05, 0) is 36.2 Å².